The zero-order valence-electron chi connectivity index (χ0n) is 9.98. The molecule has 104 valence electrons. The van der Waals surface area contributed by atoms with Crippen molar-refractivity contribution in [3.63, 3.8) is 0 Å². The van der Waals surface area contributed by atoms with Crippen LogP contribution in [0.25, 0.3) is 0 Å². The zero-order chi connectivity index (χ0) is 14.8. The molecule has 1 aromatic carbocycles. The van der Waals surface area contributed by atoms with Gasteiger partial charge in [0.2, 0.25) is 5.95 Å². The first-order chi connectivity index (χ1) is 9.43. The lowest BCUT2D eigenvalue weighted by atomic mass is 10.0. The summed E-state index contributed by atoms with van der Waals surface area (Å²) in [4.78, 5) is 18.8. The molecule has 20 heavy (non-hydrogen) atoms. The average molecular weight is 282 g/mol. The van der Waals surface area contributed by atoms with Crippen molar-refractivity contribution in [2.45, 2.75) is 6.18 Å². The fourth-order valence-corrected chi connectivity index (χ4v) is 1.58. The Balaban J connectivity index is 2.54. The van der Waals surface area contributed by atoms with E-state index >= 15 is 0 Å². The molecule has 3 N–H and O–H groups in total. The smallest absolute Gasteiger partial charge is 0.292 e. The topological polar surface area (TPSA) is 80.9 Å². The van der Waals surface area contributed by atoms with Gasteiger partial charge in [-0.25, -0.2) is 15.8 Å². The van der Waals surface area contributed by atoms with Gasteiger partial charge in [0.05, 0.1) is 5.56 Å². The number of ketones is 1. The fourth-order valence-electron chi connectivity index (χ4n) is 1.58. The predicted molar refractivity (Wildman–Crippen MR) is 64.7 cm³/mol. The summed E-state index contributed by atoms with van der Waals surface area (Å²) >= 11 is 0. The number of benzene rings is 1. The minimum atomic E-state index is -4.78. The van der Waals surface area contributed by atoms with E-state index < -0.39 is 29.2 Å². The second kappa shape index (κ2) is 5.25. The highest BCUT2D eigenvalue weighted by molar-refractivity contribution is 6.09. The monoisotopic (exact) mass is 282 g/mol. The summed E-state index contributed by atoms with van der Waals surface area (Å²) in [7, 11) is 0. The first-order valence-corrected chi connectivity index (χ1v) is 5.44. The molecule has 1 aromatic heterocycles. The fraction of sp³-hybridized carbons (Fsp3) is 0.0833. The Bertz CT molecular complexity index is 628. The molecular formula is C12H9F3N4O. The maximum absolute atomic E-state index is 12.9. The summed E-state index contributed by atoms with van der Waals surface area (Å²) in [6.45, 7) is 0. The van der Waals surface area contributed by atoms with Crippen molar-refractivity contribution in [3.8, 4) is 0 Å². The Labute approximate surface area is 111 Å². The molecule has 0 fully saturated rings. The van der Waals surface area contributed by atoms with Gasteiger partial charge in [-0.1, -0.05) is 30.3 Å². The molecule has 8 heteroatoms. The van der Waals surface area contributed by atoms with Crippen molar-refractivity contribution >= 4 is 11.7 Å². The summed E-state index contributed by atoms with van der Waals surface area (Å²) in [6.07, 6.45) is -3.98. The Kier molecular flexibility index (Phi) is 3.66. The van der Waals surface area contributed by atoms with Crippen LogP contribution in [0.2, 0.25) is 0 Å². The van der Waals surface area contributed by atoms with Crippen LogP contribution >= 0.6 is 0 Å². The third kappa shape index (κ3) is 2.75. The molecule has 2 aromatic rings. The number of anilines is 1. The molecule has 0 atom stereocenters. The van der Waals surface area contributed by atoms with Crippen molar-refractivity contribution in [2.75, 3.05) is 5.43 Å². The van der Waals surface area contributed by atoms with Crippen molar-refractivity contribution in [1.29, 1.82) is 0 Å². The number of alkyl halides is 3. The first kappa shape index (κ1) is 13.9. The molecular weight excluding hydrogens is 273 g/mol. The van der Waals surface area contributed by atoms with Crippen LogP contribution in [0, 0.1) is 0 Å². The second-order valence-corrected chi connectivity index (χ2v) is 3.79. The number of carbonyl (C=O) groups is 1. The minimum absolute atomic E-state index is 0.120. The lowest BCUT2D eigenvalue weighted by Crippen LogP contribution is -2.20. The van der Waals surface area contributed by atoms with E-state index in [1.165, 1.54) is 12.1 Å². The molecule has 0 bridgehead atoms. The number of nitrogen functional groups attached to an aromatic ring is 1. The van der Waals surface area contributed by atoms with E-state index in [0.29, 0.717) is 0 Å². The van der Waals surface area contributed by atoms with Crippen LogP contribution in [0.1, 0.15) is 21.6 Å². The van der Waals surface area contributed by atoms with Crippen LogP contribution in [0.4, 0.5) is 19.1 Å². The van der Waals surface area contributed by atoms with Crippen LogP contribution in [-0.4, -0.2) is 15.8 Å². The van der Waals surface area contributed by atoms with Crippen LogP contribution in [-0.2, 0) is 6.18 Å². The van der Waals surface area contributed by atoms with Crippen molar-refractivity contribution < 1.29 is 18.0 Å². The number of nitrogens with zero attached hydrogens (tertiary/aromatic N) is 2. The van der Waals surface area contributed by atoms with Crippen LogP contribution in [0.5, 0.6) is 0 Å². The van der Waals surface area contributed by atoms with Gasteiger partial charge in [-0.05, 0) is 0 Å². The number of rotatable bonds is 3. The molecule has 2 rings (SSSR count). The second-order valence-electron chi connectivity index (χ2n) is 3.79. The molecule has 0 aliphatic carbocycles. The Morgan fingerprint density at radius 3 is 2.40 bits per heavy atom. The summed E-state index contributed by atoms with van der Waals surface area (Å²) in [5.41, 5.74) is 0.0850. The van der Waals surface area contributed by atoms with E-state index in [-0.39, 0.29) is 5.56 Å². The van der Waals surface area contributed by atoms with Crippen LogP contribution in [0.15, 0.2) is 36.5 Å². The van der Waals surface area contributed by atoms with Gasteiger partial charge in [0.25, 0.3) is 0 Å². The molecule has 0 saturated carbocycles. The summed E-state index contributed by atoms with van der Waals surface area (Å²) in [5, 5.41) is 0. The predicted octanol–water partition coefficient (Wildman–Crippen LogP) is 2.01. The number of halogens is 3. The van der Waals surface area contributed by atoms with Crippen molar-refractivity contribution in [3.05, 3.63) is 53.3 Å². The van der Waals surface area contributed by atoms with Crippen LogP contribution in [0.3, 0.4) is 0 Å². The normalized spacial score (nSPS) is 11.2. The van der Waals surface area contributed by atoms with Gasteiger partial charge in [0, 0.05) is 11.8 Å². The summed E-state index contributed by atoms with van der Waals surface area (Å²) in [6, 6.07) is 7.59. The number of hydrogen-bond donors (Lipinski definition) is 2. The third-order valence-electron chi connectivity index (χ3n) is 2.47. The highest BCUT2D eigenvalue weighted by atomic mass is 19.4. The van der Waals surface area contributed by atoms with E-state index in [1.807, 2.05) is 5.43 Å². The van der Waals surface area contributed by atoms with Crippen LogP contribution < -0.4 is 11.3 Å². The number of hydrogen-bond acceptors (Lipinski definition) is 5. The number of nitrogens with one attached hydrogen (secondary N) is 1. The number of nitrogens with two attached hydrogens (primary N) is 1. The maximum Gasteiger partial charge on any atom is 0.434 e. The quantitative estimate of drug-likeness (QED) is 0.511. The molecule has 0 unspecified atom stereocenters. The standard InChI is InChI=1S/C12H9F3N4O/c13-12(14,15)10-8(6-17-11(18-10)19-16)9(20)7-4-2-1-3-5-7/h1-6H,16H2,(H,17,18,19). The summed E-state index contributed by atoms with van der Waals surface area (Å²) in [5.74, 6) is 3.75. The zero-order valence-corrected chi connectivity index (χ0v) is 9.98. The lowest BCUT2D eigenvalue weighted by molar-refractivity contribution is -0.141. The lowest BCUT2D eigenvalue weighted by Gasteiger charge is -2.11. The number of aromatic nitrogens is 2. The number of carbonyl (C=O) groups excluding carboxylic acids is 1. The Hall–Kier alpha value is -2.48. The molecule has 0 aliphatic rings. The Morgan fingerprint density at radius 2 is 1.85 bits per heavy atom. The van der Waals surface area contributed by atoms with E-state index in [1.54, 1.807) is 18.2 Å². The maximum atomic E-state index is 12.9. The molecule has 0 spiro atoms. The average Bonchev–Trinajstić information content (AvgIpc) is 2.46. The van der Waals surface area contributed by atoms with Gasteiger partial charge < -0.3 is 0 Å². The van der Waals surface area contributed by atoms with Crippen molar-refractivity contribution in [1.82, 2.24) is 9.97 Å². The van der Waals surface area contributed by atoms with Gasteiger partial charge in [-0.3, -0.25) is 10.2 Å². The van der Waals surface area contributed by atoms with E-state index in [9.17, 15) is 18.0 Å². The molecule has 0 saturated heterocycles. The highest BCUT2D eigenvalue weighted by Gasteiger charge is 2.38. The Morgan fingerprint density at radius 1 is 1.20 bits per heavy atom. The van der Waals surface area contributed by atoms with Gasteiger partial charge in [0.1, 0.15) is 0 Å². The highest BCUT2D eigenvalue weighted by Crippen LogP contribution is 2.31. The van der Waals surface area contributed by atoms with E-state index in [2.05, 4.69) is 9.97 Å². The van der Waals surface area contributed by atoms with Crippen molar-refractivity contribution in [2.24, 2.45) is 5.84 Å². The van der Waals surface area contributed by atoms with Gasteiger partial charge in [-0.15, -0.1) is 0 Å². The molecule has 0 amide bonds. The molecule has 5 nitrogen and oxygen atoms in total. The van der Waals surface area contributed by atoms with Gasteiger partial charge in [0.15, 0.2) is 11.5 Å². The molecule has 1 heterocycles. The molecule has 0 aliphatic heterocycles. The largest absolute Gasteiger partial charge is 0.434 e. The van der Waals surface area contributed by atoms with E-state index in [0.717, 1.165) is 6.20 Å². The molecule has 0 radical (unpaired) electrons. The SMILES string of the molecule is NNc1ncc(C(=O)c2ccccc2)c(C(F)(F)F)n1. The summed E-state index contributed by atoms with van der Waals surface area (Å²) < 4.78 is 38.8. The number of hydrazine groups is 1. The first-order valence-electron chi connectivity index (χ1n) is 5.44. The van der Waals surface area contributed by atoms with E-state index in [4.69, 9.17) is 5.84 Å². The van der Waals surface area contributed by atoms with Gasteiger partial charge >= 0.3 is 6.18 Å². The van der Waals surface area contributed by atoms with Gasteiger partial charge in [-0.2, -0.15) is 13.2 Å². The minimum Gasteiger partial charge on any atom is -0.292 e. The third-order valence-corrected chi connectivity index (χ3v) is 2.47.